The summed E-state index contributed by atoms with van der Waals surface area (Å²) in [6, 6.07) is 42.3. The third-order valence-corrected chi connectivity index (χ3v) is 10.8. The predicted molar refractivity (Wildman–Crippen MR) is 215 cm³/mol. The maximum atomic E-state index is 15.6. The first-order valence-electron chi connectivity index (χ1n) is 18.4. The van der Waals surface area contributed by atoms with Crippen molar-refractivity contribution in [3.8, 4) is 28.5 Å². The monoisotopic (exact) mass is 775 g/mol. The summed E-state index contributed by atoms with van der Waals surface area (Å²) in [5.41, 5.74) is 3.79. The average Bonchev–Trinajstić information content (AvgIpc) is 3.94. The number of benzene rings is 4. The minimum atomic E-state index is -4.67. The van der Waals surface area contributed by atoms with Crippen molar-refractivity contribution in [2.75, 3.05) is 0 Å². The molecule has 0 amide bonds. The Morgan fingerprint density at radius 3 is 1.47 bits per heavy atom. The largest absolute Gasteiger partial charge is 0.435 e. The second-order valence-corrected chi connectivity index (χ2v) is 14.6. The topological polar surface area (TPSA) is 66.3 Å². The van der Waals surface area contributed by atoms with Crippen LogP contribution < -0.4 is 0 Å². The molecule has 0 atom stereocenters. The number of nitrogens with zero attached hydrogens (tertiary/aromatic N) is 7. The van der Waals surface area contributed by atoms with Crippen molar-refractivity contribution >= 4 is 43.6 Å². The van der Waals surface area contributed by atoms with Gasteiger partial charge in [0.25, 0.3) is 0 Å². The van der Waals surface area contributed by atoms with Crippen LogP contribution in [0.25, 0.3) is 72.1 Å². The molecule has 12 heteroatoms. The van der Waals surface area contributed by atoms with Crippen LogP contribution in [0.3, 0.4) is 0 Å². The quantitative estimate of drug-likeness (QED) is 0.125. The standard InChI is InChI=1S/C46H30F5N7/c1-45(2,40-24-27(23-34(52-40)33-19-20-42(47)54-44(33)48)57-35-15-7-3-11-29(35)30-12-4-8-16-36(30)57)41-25-28(26-43(53-41)56-22-21-39(55-56)46(49,50)51)58-37-17-9-5-13-31(37)32-14-6-10-18-38(32)58/h3-26H,1-2H3. The number of hydrogen-bond acceptors (Lipinski definition) is 4. The first-order chi connectivity index (χ1) is 28.0. The molecule has 0 aliphatic heterocycles. The van der Waals surface area contributed by atoms with Gasteiger partial charge in [-0.1, -0.05) is 72.8 Å². The fraction of sp³-hybridized carbons (Fsp3) is 0.0870. The van der Waals surface area contributed by atoms with Crippen molar-refractivity contribution in [2.45, 2.75) is 25.4 Å². The van der Waals surface area contributed by atoms with E-state index in [1.165, 1.54) is 12.3 Å². The summed E-state index contributed by atoms with van der Waals surface area (Å²) in [4.78, 5) is 13.4. The summed E-state index contributed by atoms with van der Waals surface area (Å²) in [5, 5.41) is 7.90. The van der Waals surface area contributed by atoms with Gasteiger partial charge in [-0.15, -0.1) is 0 Å². The lowest BCUT2D eigenvalue weighted by Crippen LogP contribution is -2.24. The Balaban J connectivity index is 1.25. The van der Waals surface area contributed by atoms with Gasteiger partial charge in [-0.25, -0.2) is 9.67 Å². The van der Waals surface area contributed by atoms with E-state index in [0.717, 1.165) is 60.4 Å². The number of fused-ring (bicyclic) bond motifs is 6. The second kappa shape index (κ2) is 12.9. The van der Waals surface area contributed by atoms with Crippen molar-refractivity contribution in [1.82, 2.24) is 33.9 Å². The number of alkyl halides is 3. The zero-order valence-electron chi connectivity index (χ0n) is 30.9. The molecule has 6 aromatic heterocycles. The molecule has 0 spiro atoms. The van der Waals surface area contributed by atoms with E-state index in [2.05, 4.69) is 19.2 Å². The molecule has 0 aliphatic rings. The van der Waals surface area contributed by atoms with Crippen molar-refractivity contribution in [3.63, 3.8) is 0 Å². The van der Waals surface area contributed by atoms with Crippen molar-refractivity contribution in [2.24, 2.45) is 0 Å². The van der Waals surface area contributed by atoms with Gasteiger partial charge in [0.1, 0.15) is 0 Å². The van der Waals surface area contributed by atoms with Crippen molar-refractivity contribution < 1.29 is 22.0 Å². The summed E-state index contributed by atoms with van der Waals surface area (Å²) >= 11 is 0. The maximum Gasteiger partial charge on any atom is 0.435 e. The molecule has 7 nitrogen and oxygen atoms in total. The van der Waals surface area contributed by atoms with Gasteiger partial charge < -0.3 is 9.13 Å². The molecule has 0 N–H and O–H groups in total. The van der Waals surface area contributed by atoms with Crippen LogP contribution in [0.5, 0.6) is 0 Å². The summed E-state index contributed by atoms with van der Waals surface area (Å²) in [5.74, 6) is -1.85. The fourth-order valence-corrected chi connectivity index (χ4v) is 7.91. The summed E-state index contributed by atoms with van der Waals surface area (Å²) < 4.78 is 76.6. The highest BCUT2D eigenvalue weighted by molar-refractivity contribution is 6.10. The Morgan fingerprint density at radius 1 is 0.500 bits per heavy atom. The lowest BCUT2D eigenvalue weighted by Gasteiger charge is -2.27. The zero-order valence-corrected chi connectivity index (χ0v) is 30.9. The Kier molecular flexibility index (Phi) is 7.84. The summed E-state index contributed by atoms with van der Waals surface area (Å²) in [6.45, 7) is 3.81. The number of rotatable bonds is 6. The van der Waals surface area contributed by atoms with E-state index in [1.807, 2.05) is 123 Å². The van der Waals surface area contributed by atoms with E-state index >= 15 is 4.39 Å². The van der Waals surface area contributed by atoms with Gasteiger partial charge >= 0.3 is 6.18 Å². The van der Waals surface area contributed by atoms with E-state index in [-0.39, 0.29) is 17.1 Å². The minimum Gasteiger partial charge on any atom is -0.309 e. The number of halogens is 5. The van der Waals surface area contributed by atoms with Gasteiger partial charge in [0.2, 0.25) is 11.9 Å². The molecule has 0 saturated heterocycles. The third-order valence-electron chi connectivity index (χ3n) is 10.8. The van der Waals surface area contributed by atoms with E-state index < -0.39 is 29.2 Å². The fourth-order valence-electron chi connectivity index (χ4n) is 7.91. The van der Waals surface area contributed by atoms with Crippen LogP contribution in [0.4, 0.5) is 22.0 Å². The molecule has 10 aromatic rings. The number of para-hydroxylation sites is 4. The zero-order chi connectivity index (χ0) is 39.9. The Bertz CT molecular complexity index is 3140. The first kappa shape index (κ1) is 35.2. The second-order valence-electron chi connectivity index (χ2n) is 14.6. The van der Waals surface area contributed by atoms with Crippen LogP contribution in [-0.2, 0) is 11.6 Å². The van der Waals surface area contributed by atoms with Crippen LogP contribution in [-0.4, -0.2) is 33.9 Å². The van der Waals surface area contributed by atoms with Crippen molar-refractivity contribution in [1.29, 1.82) is 0 Å². The molecule has 58 heavy (non-hydrogen) atoms. The first-order valence-corrected chi connectivity index (χ1v) is 18.4. The molecule has 0 fully saturated rings. The van der Waals surface area contributed by atoms with E-state index in [0.29, 0.717) is 22.8 Å². The van der Waals surface area contributed by atoms with Gasteiger partial charge in [-0.05, 0) is 74.5 Å². The predicted octanol–water partition coefficient (Wildman–Crippen LogP) is 11.5. The van der Waals surface area contributed by atoms with Crippen LogP contribution >= 0.6 is 0 Å². The van der Waals surface area contributed by atoms with Gasteiger partial charge in [0.05, 0.1) is 56.1 Å². The average molecular weight is 776 g/mol. The SMILES string of the molecule is CC(C)(c1cc(-n2c3ccccc3c3ccccc32)cc(-c2ccc(F)nc2F)n1)c1cc(-n2c3ccccc3c3ccccc32)cc(-n2ccc(C(F)(F)F)n2)n1. The lowest BCUT2D eigenvalue weighted by molar-refractivity contribution is -0.141. The molecule has 0 unspecified atom stereocenters. The lowest BCUT2D eigenvalue weighted by atomic mass is 9.83. The van der Waals surface area contributed by atoms with E-state index in [4.69, 9.17) is 9.97 Å². The minimum absolute atomic E-state index is 0.00929. The maximum absolute atomic E-state index is 15.6. The Hall–Kier alpha value is -7.21. The Morgan fingerprint density at radius 2 is 0.983 bits per heavy atom. The molecule has 10 rings (SSSR count). The molecule has 284 valence electrons. The molecule has 0 saturated carbocycles. The molecule has 6 heterocycles. The van der Waals surface area contributed by atoms with E-state index in [1.54, 1.807) is 12.1 Å². The van der Waals surface area contributed by atoms with Crippen LogP contribution in [0.15, 0.2) is 146 Å². The van der Waals surface area contributed by atoms with Crippen LogP contribution in [0.1, 0.15) is 30.9 Å². The smallest absolute Gasteiger partial charge is 0.309 e. The number of pyridine rings is 3. The normalized spacial score (nSPS) is 12.4. The van der Waals surface area contributed by atoms with E-state index in [9.17, 15) is 17.6 Å². The van der Waals surface area contributed by atoms with Crippen LogP contribution in [0.2, 0.25) is 0 Å². The summed E-state index contributed by atoms with van der Waals surface area (Å²) in [6.07, 6.45) is -3.43. The number of hydrogen-bond donors (Lipinski definition) is 0. The van der Waals surface area contributed by atoms with Gasteiger partial charge in [0.15, 0.2) is 11.5 Å². The van der Waals surface area contributed by atoms with Gasteiger partial charge in [-0.3, -0.25) is 4.98 Å². The summed E-state index contributed by atoms with van der Waals surface area (Å²) in [7, 11) is 0. The van der Waals surface area contributed by atoms with Gasteiger partial charge in [0, 0.05) is 39.2 Å². The molecule has 4 aromatic carbocycles. The third kappa shape index (κ3) is 5.62. The molecular weight excluding hydrogens is 746 g/mol. The molecule has 0 aliphatic carbocycles. The molecule has 0 radical (unpaired) electrons. The highest BCUT2D eigenvalue weighted by Gasteiger charge is 2.35. The highest BCUT2D eigenvalue weighted by Crippen LogP contribution is 2.39. The molecule has 0 bridgehead atoms. The molecular formula is C46H30F5N7. The highest BCUT2D eigenvalue weighted by atomic mass is 19.4. The van der Waals surface area contributed by atoms with Crippen molar-refractivity contribution in [3.05, 3.63) is 175 Å². The Labute approximate surface area is 327 Å². The van der Waals surface area contributed by atoms with Crippen LogP contribution in [0, 0.1) is 11.9 Å². The van der Waals surface area contributed by atoms with Gasteiger partial charge in [-0.2, -0.15) is 32.0 Å². The number of aromatic nitrogens is 7.